The average Bonchev–Trinajstić information content (AvgIpc) is 2.17. The number of likely N-dealkylation sites (N-methyl/N-ethyl adjacent to an activating group) is 1. The van der Waals surface area contributed by atoms with Crippen molar-refractivity contribution < 1.29 is 4.74 Å². The van der Waals surface area contributed by atoms with Crippen LogP contribution < -0.4 is 4.74 Å². The quantitative estimate of drug-likeness (QED) is 0.724. The second kappa shape index (κ2) is 4.82. The molecule has 0 spiro atoms. The average molecular weight is 191 g/mol. The standard InChI is InChI=1S/C12H17NO/c1-10(9-13(2)3)11-5-7-12(14-4)8-6-11/h5-8H,1,9H2,2-4H3. The number of methoxy groups -OCH3 is 1. The van der Waals surface area contributed by atoms with E-state index in [9.17, 15) is 0 Å². The van der Waals surface area contributed by atoms with E-state index in [1.54, 1.807) is 7.11 Å². The van der Waals surface area contributed by atoms with Crippen LogP contribution in [0.4, 0.5) is 0 Å². The van der Waals surface area contributed by atoms with Crippen molar-refractivity contribution in [1.29, 1.82) is 0 Å². The first-order valence-electron chi connectivity index (χ1n) is 4.60. The van der Waals surface area contributed by atoms with Crippen LogP contribution in [0.3, 0.4) is 0 Å². The molecular formula is C12H17NO. The largest absolute Gasteiger partial charge is 0.497 e. The Bertz CT molecular complexity index is 301. The number of rotatable bonds is 4. The van der Waals surface area contributed by atoms with Crippen LogP contribution in [0.1, 0.15) is 5.56 Å². The SMILES string of the molecule is C=C(CN(C)C)c1ccc(OC)cc1. The van der Waals surface area contributed by atoms with Gasteiger partial charge in [0.2, 0.25) is 0 Å². The van der Waals surface area contributed by atoms with E-state index in [0.29, 0.717) is 0 Å². The van der Waals surface area contributed by atoms with Crippen molar-refractivity contribution in [3.8, 4) is 5.75 Å². The molecule has 0 fully saturated rings. The summed E-state index contributed by atoms with van der Waals surface area (Å²) in [6, 6.07) is 7.97. The Hall–Kier alpha value is -1.28. The summed E-state index contributed by atoms with van der Waals surface area (Å²) in [6.07, 6.45) is 0. The summed E-state index contributed by atoms with van der Waals surface area (Å²) >= 11 is 0. The molecule has 14 heavy (non-hydrogen) atoms. The highest BCUT2D eigenvalue weighted by molar-refractivity contribution is 5.65. The minimum Gasteiger partial charge on any atom is -0.497 e. The van der Waals surface area contributed by atoms with Gasteiger partial charge in [0.15, 0.2) is 0 Å². The molecular weight excluding hydrogens is 174 g/mol. The van der Waals surface area contributed by atoms with Crippen LogP contribution in [0.25, 0.3) is 5.57 Å². The van der Waals surface area contributed by atoms with Crippen molar-refractivity contribution in [2.24, 2.45) is 0 Å². The van der Waals surface area contributed by atoms with Gasteiger partial charge in [-0.2, -0.15) is 0 Å². The molecule has 0 aliphatic heterocycles. The van der Waals surface area contributed by atoms with E-state index >= 15 is 0 Å². The second-order valence-electron chi connectivity index (χ2n) is 3.57. The Morgan fingerprint density at radius 2 is 1.86 bits per heavy atom. The van der Waals surface area contributed by atoms with Crippen LogP contribution in [0.5, 0.6) is 5.75 Å². The topological polar surface area (TPSA) is 12.5 Å². The van der Waals surface area contributed by atoms with E-state index in [-0.39, 0.29) is 0 Å². The molecule has 0 unspecified atom stereocenters. The third-order valence-electron chi connectivity index (χ3n) is 2.01. The zero-order valence-corrected chi connectivity index (χ0v) is 9.08. The Morgan fingerprint density at radius 3 is 2.29 bits per heavy atom. The smallest absolute Gasteiger partial charge is 0.118 e. The highest BCUT2D eigenvalue weighted by atomic mass is 16.5. The number of hydrogen-bond acceptors (Lipinski definition) is 2. The van der Waals surface area contributed by atoms with Crippen molar-refractivity contribution in [3.63, 3.8) is 0 Å². The van der Waals surface area contributed by atoms with Gasteiger partial charge in [-0.25, -0.2) is 0 Å². The first kappa shape index (κ1) is 10.8. The maximum atomic E-state index is 5.09. The predicted molar refractivity (Wildman–Crippen MR) is 60.6 cm³/mol. The van der Waals surface area contributed by atoms with Crippen LogP contribution >= 0.6 is 0 Å². The molecule has 0 bridgehead atoms. The monoisotopic (exact) mass is 191 g/mol. The fourth-order valence-corrected chi connectivity index (χ4v) is 1.30. The molecule has 1 rings (SSSR count). The highest BCUT2D eigenvalue weighted by Gasteiger charge is 2.00. The van der Waals surface area contributed by atoms with Crippen LogP contribution in [-0.4, -0.2) is 32.6 Å². The van der Waals surface area contributed by atoms with Crippen LogP contribution in [0.2, 0.25) is 0 Å². The van der Waals surface area contributed by atoms with Crippen LogP contribution in [0.15, 0.2) is 30.8 Å². The number of nitrogens with zero attached hydrogens (tertiary/aromatic N) is 1. The lowest BCUT2D eigenvalue weighted by Crippen LogP contribution is -2.13. The summed E-state index contributed by atoms with van der Waals surface area (Å²) in [5.74, 6) is 0.881. The lowest BCUT2D eigenvalue weighted by atomic mass is 10.1. The van der Waals surface area contributed by atoms with Crippen molar-refractivity contribution in [2.45, 2.75) is 0 Å². The zero-order valence-electron chi connectivity index (χ0n) is 9.08. The lowest BCUT2D eigenvalue weighted by molar-refractivity contribution is 0.414. The van der Waals surface area contributed by atoms with Gasteiger partial charge in [-0.3, -0.25) is 0 Å². The van der Waals surface area contributed by atoms with Gasteiger partial charge in [0, 0.05) is 6.54 Å². The molecule has 0 saturated heterocycles. The molecule has 0 saturated carbocycles. The van der Waals surface area contributed by atoms with Crippen molar-refractivity contribution in [1.82, 2.24) is 4.90 Å². The number of benzene rings is 1. The molecule has 1 aromatic carbocycles. The van der Waals surface area contributed by atoms with Gasteiger partial charge >= 0.3 is 0 Å². The molecule has 0 amide bonds. The van der Waals surface area contributed by atoms with Gasteiger partial charge in [-0.05, 0) is 37.4 Å². The van der Waals surface area contributed by atoms with E-state index < -0.39 is 0 Å². The third-order valence-corrected chi connectivity index (χ3v) is 2.01. The Balaban J connectivity index is 2.71. The van der Waals surface area contributed by atoms with E-state index in [1.165, 1.54) is 5.56 Å². The first-order valence-corrected chi connectivity index (χ1v) is 4.60. The summed E-state index contributed by atoms with van der Waals surface area (Å²) in [6.45, 7) is 4.92. The summed E-state index contributed by atoms with van der Waals surface area (Å²) in [5.41, 5.74) is 2.29. The van der Waals surface area contributed by atoms with Crippen LogP contribution in [0, 0.1) is 0 Å². The van der Waals surface area contributed by atoms with E-state index in [4.69, 9.17) is 4.74 Å². The molecule has 76 valence electrons. The van der Waals surface area contributed by atoms with Crippen molar-refractivity contribution in [3.05, 3.63) is 36.4 Å². The first-order chi connectivity index (χ1) is 6.63. The maximum absolute atomic E-state index is 5.09. The Labute approximate surface area is 85.8 Å². The molecule has 0 N–H and O–H groups in total. The molecule has 1 aromatic rings. The molecule has 0 atom stereocenters. The zero-order chi connectivity index (χ0) is 10.6. The summed E-state index contributed by atoms with van der Waals surface area (Å²) in [5, 5.41) is 0. The van der Waals surface area contributed by atoms with E-state index in [1.807, 2.05) is 38.4 Å². The van der Waals surface area contributed by atoms with Crippen LogP contribution in [-0.2, 0) is 0 Å². The van der Waals surface area contributed by atoms with Crippen molar-refractivity contribution >= 4 is 5.57 Å². The molecule has 2 nitrogen and oxygen atoms in total. The molecule has 0 aliphatic carbocycles. The molecule has 2 heteroatoms. The fourth-order valence-electron chi connectivity index (χ4n) is 1.30. The highest BCUT2D eigenvalue weighted by Crippen LogP contribution is 2.17. The summed E-state index contributed by atoms with van der Waals surface area (Å²) < 4.78 is 5.09. The summed E-state index contributed by atoms with van der Waals surface area (Å²) in [4.78, 5) is 2.10. The minimum absolute atomic E-state index is 0.881. The molecule has 0 radical (unpaired) electrons. The van der Waals surface area contributed by atoms with Crippen molar-refractivity contribution in [2.75, 3.05) is 27.7 Å². The van der Waals surface area contributed by atoms with Gasteiger partial charge in [0.1, 0.15) is 5.75 Å². The Kier molecular flexibility index (Phi) is 3.72. The van der Waals surface area contributed by atoms with E-state index in [0.717, 1.165) is 17.9 Å². The minimum atomic E-state index is 0.881. The predicted octanol–water partition coefficient (Wildman–Crippen LogP) is 2.27. The molecule has 0 aliphatic rings. The second-order valence-corrected chi connectivity index (χ2v) is 3.57. The van der Waals surface area contributed by atoms with Gasteiger partial charge in [0.25, 0.3) is 0 Å². The number of ether oxygens (including phenoxy) is 1. The molecule has 0 aromatic heterocycles. The van der Waals surface area contributed by atoms with Gasteiger partial charge in [-0.1, -0.05) is 18.7 Å². The van der Waals surface area contributed by atoms with E-state index in [2.05, 4.69) is 11.5 Å². The fraction of sp³-hybridized carbons (Fsp3) is 0.333. The van der Waals surface area contributed by atoms with Gasteiger partial charge in [-0.15, -0.1) is 0 Å². The summed E-state index contributed by atoms with van der Waals surface area (Å²) in [7, 11) is 5.74. The third kappa shape index (κ3) is 2.89. The normalized spacial score (nSPS) is 10.3. The lowest BCUT2D eigenvalue weighted by Gasteiger charge is -2.12. The van der Waals surface area contributed by atoms with Gasteiger partial charge in [0.05, 0.1) is 7.11 Å². The number of hydrogen-bond donors (Lipinski definition) is 0. The maximum Gasteiger partial charge on any atom is 0.118 e. The molecule has 0 heterocycles. The Morgan fingerprint density at radius 1 is 1.29 bits per heavy atom. The van der Waals surface area contributed by atoms with Gasteiger partial charge < -0.3 is 9.64 Å².